The molecule has 0 aliphatic carbocycles. The molecule has 2 heterocycles. The van der Waals surface area contributed by atoms with Crippen LogP contribution in [0, 0.1) is 0 Å². The van der Waals surface area contributed by atoms with Crippen LogP contribution in [0.1, 0.15) is 32.5 Å². The molecule has 0 atom stereocenters. The molecule has 0 aliphatic rings. The molecule has 0 unspecified atom stereocenters. The summed E-state index contributed by atoms with van der Waals surface area (Å²) in [5.41, 5.74) is -0.149. The number of hydrogen-bond acceptors (Lipinski definition) is 5. The van der Waals surface area contributed by atoms with E-state index in [0.717, 1.165) is 0 Å². The van der Waals surface area contributed by atoms with Gasteiger partial charge in [0.05, 0.1) is 0 Å². The first-order valence-electron chi connectivity index (χ1n) is 4.95. The van der Waals surface area contributed by atoms with Crippen molar-refractivity contribution < 1.29 is 4.52 Å². The molecular weight excluding hydrogens is 354 g/mol. The average molecular weight is 365 g/mol. The highest BCUT2D eigenvalue weighted by Crippen LogP contribution is 2.20. The fourth-order valence-electron chi connectivity index (χ4n) is 1.13. The van der Waals surface area contributed by atoms with Gasteiger partial charge in [0.15, 0.2) is 15.0 Å². The molecule has 0 aliphatic heterocycles. The molecule has 2 aromatic rings. The van der Waals surface area contributed by atoms with E-state index in [1.54, 1.807) is 0 Å². The van der Waals surface area contributed by atoms with Gasteiger partial charge < -0.3 is 4.52 Å². The summed E-state index contributed by atoms with van der Waals surface area (Å²) in [7, 11) is 0. The molecule has 6 nitrogen and oxygen atoms in total. The van der Waals surface area contributed by atoms with E-state index in [-0.39, 0.29) is 5.41 Å². The molecule has 8 heteroatoms. The number of aromatic nitrogens is 5. The predicted octanol–water partition coefficient (Wildman–Crippen LogP) is 2.53. The average Bonchev–Trinajstić information content (AvgIpc) is 2.75. The second-order valence-corrected chi connectivity index (χ2v) is 6.08. The molecule has 0 spiro atoms. The molecule has 2 aromatic heterocycles. The van der Waals surface area contributed by atoms with Crippen molar-refractivity contribution in [2.45, 2.75) is 32.7 Å². The number of nitrogens with zero attached hydrogens (tertiary/aromatic N) is 5. The van der Waals surface area contributed by atoms with E-state index >= 15 is 0 Å². The van der Waals surface area contributed by atoms with Crippen LogP contribution in [-0.4, -0.2) is 25.1 Å². The van der Waals surface area contributed by atoms with E-state index in [0.29, 0.717) is 27.5 Å². The van der Waals surface area contributed by atoms with Gasteiger partial charge in [-0.2, -0.15) is 9.78 Å². The fourth-order valence-corrected chi connectivity index (χ4v) is 1.65. The first-order chi connectivity index (χ1) is 7.86. The van der Waals surface area contributed by atoms with Crippen LogP contribution in [0.15, 0.2) is 13.7 Å². The predicted molar refractivity (Wildman–Crippen MR) is 67.5 cm³/mol. The number of rotatable bonds is 2. The molecule has 0 bridgehead atoms. The zero-order chi connectivity index (χ0) is 12.6. The largest absolute Gasteiger partial charge is 0.339 e. The lowest BCUT2D eigenvalue weighted by Crippen LogP contribution is -2.12. The molecule has 2 rings (SSSR count). The minimum atomic E-state index is -0.149. The van der Waals surface area contributed by atoms with Gasteiger partial charge in [0.2, 0.25) is 5.89 Å². The maximum atomic E-state index is 5.18. The highest BCUT2D eigenvalue weighted by molar-refractivity contribution is 9.13. The van der Waals surface area contributed by atoms with Crippen LogP contribution in [0.25, 0.3) is 0 Å². The van der Waals surface area contributed by atoms with E-state index in [1.807, 2.05) is 20.8 Å². The van der Waals surface area contributed by atoms with Gasteiger partial charge in [0.25, 0.3) is 0 Å². The van der Waals surface area contributed by atoms with Crippen LogP contribution in [0.2, 0.25) is 0 Å². The van der Waals surface area contributed by atoms with Crippen LogP contribution in [-0.2, 0) is 12.0 Å². The van der Waals surface area contributed by atoms with Crippen LogP contribution < -0.4 is 0 Å². The Morgan fingerprint density at radius 2 is 1.76 bits per heavy atom. The molecule has 92 valence electrons. The molecule has 0 N–H and O–H groups in total. The zero-order valence-electron chi connectivity index (χ0n) is 9.61. The fraction of sp³-hybridized carbons (Fsp3) is 0.556. The third kappa shape index (κ3) is 2.92. The summed E-state index contributed by atoms with van der Waals surface area (Å²) in [6.07, 6.45) is 0. The second kappa shape index (κ2) is 4.49. The van der Waals surface area contributed by atoms with Crippen molar-refractivity contribution in [1.29, 1.82) is 0 Å². The van der Waals surface area contributed by atoms with E-state index in [4.69, 9.17) is 4.52 Å². The van der Waals surface area contributed by atoms with E-state index < -0.39 is 0 Å². The third-order valence-electron chi connectivity index (χ3n) is 1.97. The summed E-state index contributed by atoms with van der Waals surface area (Å²) in [6, 6.07) is 0. The van der Waals surface area contributed by atoms with E-state index in [2.05, 4.69) is 52.2 Å². The Balaban J connectivity index is 2.17. The van der Waals surface area contributed by atoms with Crippen LogP contribution in [0.4, 0.5) is 0 Å². The van der Waals surface area contributed by atoms with Crippen molar-refractivity contribution in [2.24, 2.45) is 0 Å². The highest BCUT2D eigenvalue weighted by Gasteiger charge is 2.22. The Hall–Kier alpha value is -0.760. The van der Waals surface area contributed by atoms with E-state index in [1.165, 1.54) is 4.80 Å². The van der Waals surface area contributed by atoms with Crippen molar-refractivity contribution in [3.05, 3.63) is 20.9 Å². The van der Waals surface area contributed by atoms with Crippen LogP contribution >= 0.6 is 31.9 Å². The van der Waals surface area contributed by atoms with Gasteiger partial charge in [-0.25, -0.2) is 0 Å². The van der Waals surface area contributed by atoms with Gasteiger partial charge in [0, 0.05) is 5.41 Å². The van der Waals surface area contributed by atoms with Crippen molar-refractivity contribution in [1.82, 2.24) is 25.1 Å². The molecule has 0 saturated carbocycles. The topological polar surface area (TPSA) is 69.6 Å². The van der Waals surface area contributed by atoms with Crippen molar-refractivity contribution in [2.75, 3.05) is 0 Å². The van der Waals surface area contributed by atoms with E-state index in [9.17, 15) is 0 Å². The number of halogens is 2. The quantitative estimate of drug-likeness (QED) is 0.818. The molecule has 0 aromatic carbocycles. The minimum Gasteiger partial charge on any atom is -0.339 e. The Morgan fingerprint density at radius 3 is 2.24 bits per heavy atom. The van der Waals surface area contributed by atoms with Gasteiger partial charge in [-0.1, -0.05) is 25.9 Å². The molecule has 17 heavy (non-hydrogen) atoms. The molecular formula is C9H11Br2N5O. The summed E-state index contributed by atoms with van der Waals surface area (Å²) in [5, 5.41) is 12.2. The Labute approximate surface area is 115 Å². The monoisotopic (exact) mass is 363 g/mol. The zero-order valence-corrected chi connectivity index (χ0v) is 12.8. The van der Waals surface area contributed by atoms with Crippen molar-refractivity contribution >= 4 is 31.9 Å². The SMILES string of the molecule is CC(C)(C)c1nc(Cn2nc(Br)c(Br)n2)no1. The maximum absolute atomic E-state index is 5.18. The Kier molecular flexibility index (Phi) is 3.35. The maximum Gasteiger partial charge on any atom is 0.232 e. The lowest BCUT2D eigenvalue weighted by Gasteiger charge is -2.10. The normalized spacial score (nSPS) is 12.1. The summed E-state index contributed by atoms with van der Waals surface area (Å²) < 4.78 is 6.48. The standard InChI is InChI=1S/C9H11Br2N5O/c1-9(2,3)8-12-5(15-17-8)4-16-13-6(10)7(11)14-16/h4H2,1-3H3. The Bertz CT molecular complexity index is 508. The molecule has 0 radical (unpaired) electrons. The minimum absolute atomic E-state index is 0.149. The van der Waals surface area contributed by atoms with Crippen molar-refractivity contribution in [3.8, 4) is 0 Å². The van der Waals surface area contributed by atoms with Gasteiger partial charge in [-0.3, -0.25) is 0 Å². The van der Waals surface area contributed by atoms with Gasteiger partial charge >= 0.3 is 0 Å². The number of hydrogen-bond donors (Lipinski definition) is 0. The summed E-state index contributed by atoms with van der Waals surface area (Å²) in [4.78, 5) is 5.80. The molecule has 0 amide bonds. The first-order valence-corrected chi connectivity index (χ1v) is 6.54. The highest BCUT2D eigenvalue weighted by atomic mass is 79.9. The van der Waals surface area contributed by atoms with Crippen molar-refractivity contribution in [3.63, 3.8) is 0 Å². The summed E-state index contributed by atoms with van der Waals surface area (Å²) in [6.45, 7) is 6.43. The molecule has 0 fully saturated rings. The van der Waals surface area contributed by atoms with Gasteiger partial charge in [0.1, 0.15) is 6.54 Å². The second-order valence-electron chi connectivity index (χ2n) is 4.58. The van der Waals surface area contributed by atoms with Gasteiger partial charge in [-0.15, -0.1) is 10.2 Å². The summed E-state index contributed by atoms with van der Waals surface area (Å²) >= 11 is 6.52. The summed E-state index contributed by atoms with van der Waals surface area (Å²) in [5.74, 6) is 1.17. The van der Waals surface area contributed by atoms with Crippen LogP contribution in [0.3, 0.4) is 0 Å². The van der Waals surface area contributed by atoms with Crippen LogP contribution in [0.5, 0.6) is 0 Å². The lowest BCUT2D eigenvalue weighted by atomic mass is 9.97. The Morgan fingerprint density at radius 1 is 1.18 bits per heavy atom. The molecule has 0 saturated heterocycles. The first kappa shape index (κ1) is 12.7. The lowest BCUT2D eigenvalue weighted by molar-refractivity contribution is 0.317. The van der Waals surface area contributed by atoms with Gasteiger partial charge in [-0.05, 0) is 31.9 Å². The smallest absolute Gasteiger partial charge is 0.232 e. The third-order valence-corrected chi connectivity index (χ3v) is 3.57.